The van der Waals surface area contributed by atoms with Gasteiger partial charge in [0.05, 0.1) is 18.3 Å². The van der Waals surface area contributed by atoms with Crippen molar-refractivity contribution < 1.29 is 9.47 Å². The highest BCUT2D eigenvalue weighted by Crippen LogP contribution is 2.18. The number of aromatic nitrogens is 1. The number of benzene rings is 1. The third kappa shape index (κ3) is 4.18. The predicted octanol–water partition coefficient (Wildman–Crippen LogP) is 2.63. The summed E-state index contributed by atoms with van der Waals surface area (Å²) < 4.78 is 11.2. The number of hydrogen-bond donors (Lipinski definition) is 1. The number of methoxy groups -OCH3 is 1. The van der Waals surface area contributed by atoms with Crippen molar-refractivity contribution in [1.29, 1.82) is 0 Å². The van der Waals surface area contributed by atoms with Crippen molar-refractivity contribution in [2.45, 2.75) is 19.4 Å². The number of fused-ring (bicyclic) bond motifs is 1. The average molecular weight is 274 g/mol. The molecule has 0 saturated heterocycles. The minimum Gasteiger partial charge on any atom is -0.485 e. The Hall–Kier alpha value is -1.65. The van der Waals surface area contributed by atoms with Gasteiger partial charge in [0.15, 0.2) is 0 Å². The Labute approximate surface area is 120 Å². The van der Waals surface area contributed by atoms with E-state index in [2.05, 4.69) is 17.2 Å². The first-order chi connectivity index (χ1) is 9.83. The second-order valence-electron chi connectivity index (χ2n) is 4.76. The molecule has 2 aromatic rings. The highest BCUT2D eigenvalue weighted by atomic mass is 16.5. The molecule has 0 radical (unpaired) electrons. The average Bonchev–Trinajstić information content (AvgIpc) is 2.47. The van der Waals surface area contributed by atoms with Crippen LogP contribution < -0.4 is 10.1 Å². The van der Waals surface area contributed by atoms with Gasteiger partial charge in [0.2, 0.25) is 0 Å². The van der Waals surface area contributed by atoms with Crippen LogP contribution in [0.2, 0.25) is 0 Å². The Balaban J connectivity index is 2.03. The fraction of sp³-hybridized carbons (Fsp3) is 0.438. The maximum Gasteiger partial charge on any atom is 0.138 e. The molecular formula is C16H22N2O2. The van der Waals surface area contributed by atoms with Crippen LogP contribution in [0.3, 0.4) is 0 Å². The fourth-order valence-corrected chi connectivity index (χ4v) is 2.07. The molecule has 0 amide bonds. The number of hydrogen-bond acceptors (Lipinski definition) is 4. The van der Waals surface area contributed by atoms with Gasteiger partial charge in [0.25, 0.3) is 0 Å². The van der Waals surface area contributed by atoms with Crippen LogP contribution in [0.5, 0.6) is 5.75 Å². The molecule has 0 fully saturated rings. The van der Waals surface area contributed by atoms with Gasteiger partial charge in [-0.3, -0.25) is 4.98 Å². The monoisotopic (exact) mass is 274 g/mol. The van der Waals surface area contributed by atoms with Crippen molar-refractivity contribution in [1.82, 2.24) is 10.3 Å². The van der Waals surface area contributed by atoms with Crippen LogP contribution in [0, 0.1) is 0 Å². The molecule has 2 rings (SSSR count). The van der Waals surface area contributed by atoms with Gasteiger partial charge < -0.3 is 14.8 Å². The van der Waals surface area contributed by atoms with Crippen molar-refractivity contribution in [3.05, 3.63) is 36.5 Å². The van der Waals surface area contributed by atoms with Gasteiger partial charge in [0.1, 0.15) is 11.9 Å². The van der Waals surface area contributed by atoms with Crippen molar-refractivity contribution in [2.75, 3.05) is 26.8 Å². The number of nitrogens with one attached hydrogen (secondary N) is 1. The van der Waals surface area contributed by atoms with E-state index in [0.29, 0.717) is 6.61 Å². The number of para-hydroxylation sites is 1. The lowest BCUT2D eigenvalue weighted by Crippen LogP contribution is -2.35. The zero-order valence-electron chi connectivity index (χ0n) is 12.1. The van der Waals surface area contributed by atoms with E-state index in [9.17, 15) is 0 Å². The first kappa shape index (κ1) is 14.8. The normalized spacial score (nSPS) is 12.5. The van der Waals surface area contributed by atoms with Crippen molar-refractivity contribution in [2.24, 2.45) is 0 Å². The lowest BCUT2D eigenvalue weighted by molar-refractivity contribution is 0.0806. The Bertz CT molecular complexity index is 531. The van der Waals surface area contributed by atoms with Crippen LogP contribution in [0.4, 0.5) is 0 Å². The molecule has 0 saturated carbocycles. The van der Waals surface area contributed by atoms with Gasteiger partial charge in [-0.25, -0.2) is 0 Å². The van der Waals surface area contributed by atoms with E-state index in [-0.39, 0.29) is 6.10 Å². The smallest absolute Gasteiger partial charge is 0.138 e. The molecule has 108 valence electrons. The summed E-state index contributed by atoms with van der Waals surface area (Å²) in [6.45, 7) is 4.46. The third-order valence-electron chi connectivity index (χ3n) is 3.02. The van der Waals surface area contributed by atoms with E-state index in [1.807, 2.05) is 30.3 Å². The van der Waals surface area contributed by atoms with E-state index < -0.39 is 0 Å². The molecule has 0 spiro atoms. The Morgan fingerprint density at radius 2 is 2.15 bits per heavy atom. The summed E-state index contributed by atoms with van der Waals surface area (Å²) in [7, 11) is 1.69. The number of pyridine rings is 1. The summed E-state index contributed by atoms with van der Waals surface area (Å²) in [5.41, 5.74) is 0.979. The van der Waals surface area contributed by atoms with Gasteiger partial charge in [-0.05, 0) is 25.1 Å². The Kier molecular flexibility index (Phi) is 5.77. The second-order valence-corrected chi connectivity index (χ2v) is 4.76. The van der Waals surface area contributed by atoms with E-state index >= 15 is 0 Å². The molecule has 0 aliphatic carbocycles. The largest absolute Gasteiger partial charge is 0.485 e. The molecule has 1 aromatic heterocycles. The molecular weight excluding hydrogens is 252 g/mol. The van der Waals surface area contributed by atoms with Crippen LogP contribution in [0.15, 0.2) is 36.5 Å². The molecule has 0 aliphatic heterocycles. The lowest BCUT2D eigenvalue weighted by atomic mass is 10.2. The van der Waals surface area contributed by atoms with Gasteiger partial charge >= 0.3 is 0 Å². The molecule has 0 aliphatic rings. The summed E-state index contributed by atoms with van der Waals surface area (Å²) >= 11 is 0. The van der Waals surface area contributed by atoms with Crippen LogP contribution in [0.1, 0.15) is 13.3 Å². The molecule has 4 nitrogen and oxygen atoms in total. The summed E-state index contributed by atoms with van der Waals surface area (Å²) in [4.78, 5) is 4.40. The minimum absolute atomic E-state index is 0.00508. The van der Waals surface area contributed by atoms with Crippen molar-refractivity contribution in [3.8, 4) is 5.75 Å². The Morgan fingerprint density at radius 3 is 2.95 bits per heavy atom. The maximum atomic E-state index is 5.96. The second kappa shape index (κ2) is 7.82. The van der Waals surface area contributed by atoms with Crippen LogP contribution in [0.25, 0.3) is 10.9 Å². The topological polar surface area (TPSA) is 43.4 Å². The van der Waals surface area contributed by atoms with E-state index in [1.165, 1.54) is 0 Å². The molecule has 20 heavy (non-hydrogen) atoms. The number of rotatable bonds is 8. The molecule has 0 bridgehead atoms. The van der Waals surface area contributed by atoms with E-state index in [4.69, 9.17) is 9.47 Å². The van der Waals surface area contributed by atoms with E-state index in [1.54, 1.807) is 13.3 Å². The maximum absolute atomic E-state index is 5.96. The quantitative estimate of drug-likeness (QED) is 0.752. The van der Waals surface area contributed by atoms with Crippen LogP contribution in [-0.2, 0) is 4.74 Å². The van der Waals surface area contributed by atoms with E-state index in [0.717, 1.165) is 36.2 Å². The fourth-order valence-electron chi connectivity index (χ4n) is 2.07. The SMILES string of the molecule is CCCNCC(COC)Oc1cnc2ccccc2c1. The standard InChI is InChI=1S/C16H22N2O2/c1-3-8-17-10-15(12-19-2)20-14-9-13-6-4-5-7-16(13)18-11-14/h4-7,9,11,15,17H,3,8,10,12H2,1-2H3. The summed E-state index contributed by atoms with van der Waals surface area (Å²) in [5, 5.41) is 4.44. The molecule has 1 unspecified atom stereocenters. The molecule has 1 heterocycles. The van der Waals surface area contributed by atoms with Gasteiger partial charge in [-0.1, -0.05) is 25.1 Å². The predicted molar refractivity (Wildman–Crippen MR) is 81.2 cm³/mol. The van der Waals surface area contributed by atoms with Gasteiger partial charge in [0, 0.05) is 19.0 Å². The molecule has 1 aromatic carbocycles. The first-order valence-corrected chi connectivity index (χ1v) is 7.04. The third-order valence-corrected chi connectivity index (χ3v) is 3.02. The van der Waals surface area contributed by atoms with Crippen molar-refractivity contribution >= 4 is 10.9 Å². The van der Waals surface area contributed by atoms with Gasteiger partial charge in [-0.2, -0.15) is 0 Å². The molecule has 4 heteroatoms. The van der Waals surface area contributed by atoms with Crippen LogP contribution in [-0.4, -0.2) is 37.9 Å². The highest BCUT2D eigenvalue weighted by molar-refractivity contribution is 5.79. The summed E-state index contributed by atoms with van der Waals surface area (Å²) in [6.07, 6.45) is 2.87. The zero-order valence-corrected chi connectivity index (χ0v) is 12.1. The summed E-state index contributed by atoms with van der Waals surface area (Å²) in [6, 6.07) is 10.0. The number of nitrogens with zero attached hydrogens (tertiary/aromatic N) is 1. The zero-order chi connectivity index (χ0) is 14.2. The molecule has 1 N–H and O–H groups in total. The molecule has 1 atom stereocenters. The van der Waals surface area contributed by atoms with Gasteiger partial charge in [-0.15, -0.1) is 0 Å². The first-order valence-electron chi connectivity index (χ1n) is 7.04. The minimum atomic E-state index is -0.00508. The van der Waals surface area contributed by atoms with Crippen molar-refractivity contribution in [3.63, 3.8) is 0 Å². The highest BCUT2D eigenvalue weighted by Gasteiger charge is 2.10. The Morgan fingerprint density at radius 1 is 1.30 bits per heavy atom. The van der Waals surface area contributed by atoms with Crippen LogP contribution >= 0.6 is 0 Å². The number of ether oxygens (including phenoxy) is 2. The lowest BCUT2D eigenvalue weighted by Gasteiger charge is -2.19. The summed E-state index contributed by atoms with van der Waals surface area (Å²) in [5.74, 6) is 0.782.